The Morgan fingerprint density at radius 2 is 2.13 bits per heavy atom. The number of rotatable bonds is 4. The van der Waals surface area contributed by atoms with Gasteiger partial charge in [-0.3, -0.25) is 4.90 Å². The van der Waals surface area contributed by atoms with Crippen LogP contribution in [0.3, 0.4) is 0 Å². The van der Waals surface area contributed by atoms with E-state index in [0.717, 1.165) is 42.5 Å². The Bertz CT molecular complexity index is 702. The Morgan fingerprint density at radius 3 is 2.78 bits per heavy atom. The van der Waals surface area contributed by atoms with Gasteiger partial charge in [-0.05, 0) is 36.2 Å². The maximum Gasteiger partial charge on any atom is 0.120 e. The molecular weight excluding hydrogens is 310 g/mol. The summed E-state index contributed by atoms with van der Waals surface area (Å²) in [6.07, 6.45) is 2.15. The Morgan fingerprint density at radius 1 is 1.35 bits per heavy atom. The molecule has 0 amide bonds. The van der Waals surface area contributed by atoms with Crippen LogP contribution in [0.2, 0.25) is 5.02 Å². The molecule has 1 unspecified atom stereocenters. The molecule has 5 heteroatoms. The first-order chi connectivity index (χ1) is 11.2. The van der Waals surface area contributed by atoms with Crippen molar-refractivity contribution in [1.29, 1.82) is 5.26 Å². The van der Waals surface area contributed by atoms with Crippen molar-refractivity contribution in [2.24, 2.45) is 0 Å². The second-order valence-electron chi connectivity index (χ2n) is 5.78. The zero-order valence-electron chi connectivity index (χ0n) is 13.2. The predicted molar refractivity (Wildman–Crippen MR) is 90.2 cm³/mol. The smallest absolute Gasteiger partial charge is 0.120 e. The van der Waals surface area contributed by atoms with Crippen molar-refractivity contribution in [3.63, 3.8) is 0 Å². The van der Waals surface area contributed by atoms with E-state index in [1.54, 1.807) is 0 Å². The number of nitrogens with zero attached hydrogens (tertiary/aromatic N) is 3. The minimum absolute atomic E-state index is 0.0738. The molecule has 3 rings (SSSR count). The van der Waals surface area contributed by atoms with E-state index in [4.69, 9.17) is 21.6 Å². The second-order valence-corrected chi connectivity index (χ2v) is 6.21. The van der Waals surface area contributed by atoms with Gasteiger partial charge in [-0.2, -0.15) is 5.26 Å². The molecule has 0 saturated carbocycles. The van der Waals surface area contributed by atoms with Gasteiger partial charge in [0.25, 0.3) is 0 Å². The van der Waals surface area contributed by atoms with Crippen LogP contribution in [0.5, 0.6) is 0 Å². The van der Waals surface area contributed by atoms with Gasteiger partial charge in [0, 0.05) is 37.4 Å². The molecule has 2 heterocycles. The summed E-state index contributed by atoms with van der Waals surface area (Å²) in [6.45, 7) is 6.18. The lowest BCUT2D eigenvalue weighted by Gasteiger charge is -2.33. The van der Waals surface area contributed by atoms with Crippen molar-refractivity contribution in [3.8, 4) is 6.07 Å². The fourth-order valence-corrected chi connectivity index (χ4v) is 3.12. The summed E-state index contributed by atoms with van der Waals surface area (Å²) >= 11 is 5.95. The van der Waals surface area contributed by atoms with E-state index in [9.17, 15) is 0 Å². The molecule has 1 aliphatic heterocycles. The van der Waals surface area contributed by atoms with E-state index in [1.165, 1.54) is 5.56 Å². The van der Waals surface area contributed by atoms with E-state index < -0.39 is 0 Å². The Labute approximate surface area is 141 Å². The van der Waals surface area contributed by atoms with Crippen molar-refractivity contribution in [2.75, 3.05) is 19.7 Å². The molecule has 1 aliphatic rings. The number of benzene rings is 1. The monoisotopic (exact) mass is 329 g/mol. The summed E-state index contributed by atoms with van der Waals surface area (Å²) in [6, 6.07) is 12.1. The van der Waals surface area contributed by atoms with Gasteiger partial charge >= 0.3 is 0 Å². The number of aromatic nitrogens is 1. The number of nitriles is 1. The quantitative estimate of drug-likeness (QED) is 0.860. The van der Waals surface area contributed by atoms with Gasteiger partial charge in [0.2, 0.25) is 0 Å². The molecule has 120 valence electrons. The topological polar surface area (TPSA) is 41.2 Å². The second kappa shape index (κ2) is 7.18. The summed E-state index contributed by atoms with van der Waals surface area (Å²) in [4.78, 5) is 2.37. The lowest BCUT2D eigenvalue weighted by molar-refractivity contribution is -0.0329. The molecule has 0 spiro atoms. The molecule has 23 heavy (non-hydrogen) atoms. The molecule has 4 nitrogen and oxygen atoms in total. The molecule has 0 bridgehead atoms. The molecule has 2 aromatic rings. The minimum Gasteiger partial charge on any atom is -0.371 e. The summed E-state index contributed by atoms with van der Waals surface area (Å²) in [5.74, 6) is 0. The highest BCUT2D eigenvalue weighted by molar-refractivity contribution is 6.30. The molecule has 1 aromatic carbocycles. The predicted octanol–water partition coefficient (Wildman–Crippen LogP) is 3.61. The highest BCUT2D eigenvalue weighted by Crippen LogP contribution is 2.25. The third kappa shape index (κ3) is 3.76. The first-order valence-electron chi connectivity index (χ1n) is 7.88. The van der Waals surface area contributed by atoms with E-state index in [1.807, 2.05) is 34.9 Å². The SMILES string of the molecule is CCn1cc(CN2CCOC(c3ccc(Cl)cc3)C2)cc1C#N. The normalized spacial score (nSPS) is 18.7. The van der Waals surface area contributed by atoms with Gasteiger partial charge in [-0.15, -0.1) is 0 Å². The molecular formula is C18H20ClN3O. The van der Waals surface area contributed by atoms with Crippen LogP contribution in [-0.2, 0) is 17.8 Å². The lowest BCUT2D eigenvalue weighted by Crippen LogP contribution is -2.37. The summed E-state index contributed by atoms with van der Waals surface area (Å²) in [7, 11) is 0. The van der Waals surface area contributed by atoms with E-state index in [-0.39, 0.29) is 6.10 Å². The third-order valence-corrected chi connectivity index (χ3v) is 4.46. The number of hydrogen-bond acceptors (Lipinski definition) is 3. The minimum atomic E-state index is 0.0738. The van der Waals surface area contributed by atoms with Gasteiger partial charge in [0.15, 0.2) is 0 Å². The van der Waals surface area contributed by atoms with Gasteiger partial charge in [-0.1, -0.05) is 23.7 Å². The average Bonchev–Trinajstić information content (AvgIpc) is 2.97. The fraction of sp³-hybridized carbons (Fsp3) is 0.389. The van der Waals surface area contributed by atoms with Crippen LogP contribution >= 0.6 is 11.6 Å². The van der Waals surface area contributed by atoms with Crippen molar-refractivity contribution < 1.29 is 4.74 Å². The summed E-state index contributed by atoms with van der Waals surface area (Å²) in [5.41, 5.74) is 3.06. The lowest BCUT2D eigenvalue weighted by atomic mass is 10.1. The van der Waals surface area contributed by atoms with Crippen LogP contribution in [0.4, 0.5) is 0 Å². The first-order valence-corrected chi connectivity index (χ1v) is 8.26. The van der Waals surface area contributed by atoms with E-state index in [2.05, 4.69) is 24.1 Å². The largest absolute Gasteiger partial charge is 0.371 e. The van der Waals surface area contributed by atoms with Crippen LogP contribution in [0, 0.1) is 11.3 Å². The van der Waals surface area contributed by atoms with Crippen LogP contribution in [0.25, 0.3) is 0 Å². The zero-order valence-corrected chi connectivity index (χ0v) is 14.0. The van der Waals surface area contributed by atoms with Gasteiger partial charge in [0.05, 0.1) is 12.7 Å². The maximum atomic E-state index is 9.17. The van der Waals surface area contributed by atoms with Crippen LogP contribution in [-0.4, -0.2) is 29.2 Å². The molecule has 0 radical (unpaired) electrons. The van der Waals surface area contributed by atoms with Crippen LogP contribution in [0.1, 0.15) is 29.8 Å². The van der Waals surface area contributed by atoms with Crippen LogP contribution < -0.4 is 0 Å². The standard InChI is InChI=1S/C18H20ClN3O/c1-2-22-12-14(9-17(22)10-20)11-21-7-8-23-18(13-21)15-3-5-16(19)6-4-15/h3-6,9,12,18H,2,7-8,11,13H2,1H3. The third-order valence-electron chi connectivity index (χ3n) is 4.21. The van der Waals surface area contributed by atoms with E-state index >= 15 is 0 Å². The molecule has 0 aliphatic carbocycles. The number of morpholine rings is 1. The zero-order chi connectivity index (χ0) is 16.2. The van der Waals surface area contributed by atoms with Crippen molar-refractivity contribution >= 4 is 11.6 Å². The number of aryl methyl sites for hydroxylation is 1. The number of halogens is 1. The Balaban J connectivity index is 1.68. The summed E-state index contributed by atoms with van der Waals surface area (Å²) < 4.78 is 7.89. The molecule has 1 atom stereocenters. The highest BCUT2D eigenvalue weighted by atomic mass is 35.5. The van der Waals surface area contributed by atoms with Gasteiger partial charge < -0.3 is 9.30 Å². The average molecular weight is 330 g/mol. The van der Waals surface area contributed by atoms with Gasteiger partial charge in [0.1, 0.15) is 11.8 Å². The number of ether oxygens (including phenoxy) is 1. The van der Waals surface area contributed by atoms with E-state index in [0.29, 0.717) is 6.61 Å². The van der Waals surface area contributed by atoms with Crippen LogP contribution in [0.15, 0.2) is 36.5 Å². The number of hydrogen-bond donors (Lipinski definition) is 0. The van der Waals surface area contributed by atoms with Gasteiger partial charge in [-0.25, -0.2) is 0 Å². The maximum absolute atomic E-state index is 9.17. The fourth-order valence-electron chi connectivity index (χ4n) is 2.99. The van der Waals surface area contributed by atoms with Crippen molar-refractivity contribution in [3.05, 3.63) is 58.4 Å². The van der Waals surface area contributed by atoms with Crippen molar-refractivity contribution in [2.45, 2.75) is 26.1 Å². The highest BCUT2D eigenvalue weighted by Gasteiger charge is 2.22. The molecule has 1 saturated heterocycles. The summed E-state index contributed by atoms with van der Waals surface area (Å²) in [5, 5.41) is 9.91. The van der Waals surface area contributed by atoms with Crippen molar-refractivity contribution in [1.82, 2.24) is 9.47 Å². The molecule has 0 N–H and O–H groups in total. The first kappa shape index (κ1) is 16.1. The molecule has 1 aromatic heterocycles. The Kier molecular flexibility index (Phi) is 5.02. The molecule has 1 fully saturated rings. The Hall–Kier alpha value is -1.80.